The minimum atomic E-state index is -1.39. The minimum absolute atomic E-state index is 0.0726. The van der Waals surface area contributed by atoms with E-state index < -0.39 is 28.5 Å². The van der Waals surface area contributed by atoms with Crippen molar-refractivity contribution >= 4 is 11.8 Å². The summed E-state index contributed by atoms with van der Waals surface area (Å²) >= 11 is 0. The van der Waals surface area contributed by atoms with Crippen molar-refractivity contribution in [2.75, 3.05) is 0 Å². The topological polar surface area (TPSA) is 83.8 Å². The van der Waals surface area contributed by atoms with Crippen LogP contribution in [-0.4, -0.2) is 33.7 Å². The lowest BCUT2D eigenvalue weighted by molar-refractivity contribution is -0.162. The number of hydrogen-bond donors (Lipinski definition) is 2. The van der Waals surface area contributed by atoms with E-state index in [9.17, 15) is 19.8 Å². The Labute approximate surface area is 240 Å². The number of aliphatic hydroxyl groups is 2. The molecule has 0 aromatic heterocycles. The molecule has 1 spiro atoms. The maximum Gasteiger partial charge on any atom is 0.346 e. The van der Waals surface area contributed by atoms with Crippen LogP contribution in [0.2, 0.25) is 0 Å². The number of hydrogen-bond acceptors (Lipinski definition) is 5. The Bertz CT molecular complexity index is 1220. The highest BCUT2D eigenvalue weighted by Crippen LogP contribution is 2.61. The number of fused-ring (bicyclic) bond motifs is 4. The van der Waals surface area contributed by atoms with Crippen molar-refractivity contribution in [3.63, 3.8) is 0 Å². The smallest absolute Gasteiger partial charge is 0.346 e. The molecule has 40 heavy (non-hydrogen) atoms. The maximum absolute atomic E-state index is 14.7. The Morgan fingerprint density at radius 2 is 1.77 bits per heavy atom. The minimum Gasteiger partial charge on any atom is -0.511 e. The van der Waals surface area contributed by atoms with Crippen LogP contribution in [0.5, 0.6) is 0 Å². The summed E-state index contributed by atoms with van der Waals surface area (Å²) in [7, 11) is 0. The first-order valence-corrected chi connectivity index (χ1v) is 15.6. The second-order valence-electron chi connectivity index (χ2n) is 13.5. The molecule has 5 nitrogen and oxygen atoms in total. The Hall–Kier alpha value is -2.40. The summed E-state index contributed by atoms with van der Waals surface area (Å²) in [6.45, 7) is 12.5. The molecule has 2 N–H and O–H groups in total. The Balaban J connectivity index is 1.76. The largest absolute Gasteiger partial charge is 0.511 e. The van der Waals surface area contributed by atoms with Gasteiger partial charge in [0, 0.05) is 17.8 Å². The predicted molar refractivity (Wildman–Crippen MR) is 157 cm³/mol. The number of carbonyl (C=O) groups is 2. The van der Waals surface area contributed by atoms with Crippen molar-refractivity contribution in [3.05, 3.63) is 58.9 Å². The summed E-state index contributed by atoms with van der Waals surface area (Å²) in [5.74, 6) is -1.16. The summed E-state index contributed by atoms with van der Waals surface area (Å²) in [5.41, 5.74) is -0.888. The van der Waals surface area contributed by atoms with Crippen LogP contribution in [0.3, 0.4) is 0 Å². The molecular formula is C35H48O5. The first-order chi connectivity index (χ1) is 19.0. The average Bonchev–Trinajstić information content (AvgIpc) is 3.17. The van der Waals surface area contributed by atoms with E-state index in [2.05, 4.69) is 71.1 Å². The van der Waals surface area contributed by atoms with Crippen molar-refractivity contribution in [2.24, 2.45) is 40.4 Å². The van der Waals surface area contributed by atoms with Gasteiger partial charge in [0.1, 0.15) is 11.3 Å². The van der Waals surface area contributed by atoms with Gasteiger partial charge in [0.15, 0.2) is 5.60 Å². The summed E-state index contributed by atoms with van der Waals surface area (Å²) in [6, 6.07) is 0. The highest BCUT2D eigenvalue weighted by atomic mass is 16.6. The van der Waals surface area contributed by atoms with Gasteiger partial charge in [-0.2, -0.15) is 0 Å². The lowest BCUT2D eigenvalue weighted by atomic mass is 9.50. The van der Waals surface area contributed by atoms with Gasteiger partial charge in [-0.05, 0) is 83.0 Å². The zero-order valence-corrected chi connectivity index (χ0v) is 25.2. The number of rotatable bonds is 3. The highest BCUT2D eigenvalue weighted by Gasteiger charge is 2.66. The van der Waals surface area contributed by atoms with Crippen molar-refractivity contribution in [3.8, 4) is 0 Å². The third-order valence-corrected chi connectivity index (χ3v) is 11.5. The molecule has 5 heteroatoms. The van der Waals surface area contributed by atoms with Gasteiger partial charge in [-0.1, -0.05) is 74.8 Å². The number of esters is 1. The molecule has 1 saturated heterocycles. The molecule has 1 saturated carbocycles. The van der Waals surface area contributed by atoms with E-state index in [0.29, 0.717) is 19.3 Å². The fourth-order valence-corrected chi connectivity index (χ4v) is 9.26. The lowest BCUT2D eigenvalue weighted by Crippen LogP contribution is -2.54. The fourth-order valence-electron chi connectivity index (χ4n) is 9.26. The summed E-state index contributed by atoms with van der Waals surface area (Å²) in [5, 5.41) is 23.8. The fraction of sp³-hybridized carbons (Fsp3) is 0.657. The molecule has 2 bridgehead atoms. The molecule has 9 unspecified atom stereocenters. The van der Waals surface area contributed by atoms with Crippen LogP contribution in [0.15, 0.2) is 58.9 Å². The molecule has 2 fully saturated rings. The van der Waals surface area contributed by atoms with Crippen LogP contribution >= 0.6 is 0 Å². The number of ether oxygens (including phenoxy) is 1. The third kappa shape index (κ3) is 4.05. The molecule has 5 rings (SSSR count). The molecule has 1 heterocycles. The zero-order valence-electron chi connectivity index (χ0n) is 25.2. The Kier molecular flexibility index (Phi) is 7.61. The molecular weight excluding hydrogens is 500 g/mol. The molecule has 0 aromatic rings. The number of aliphatic hydroxyl groups excluding tert-OH is 2. The van der Waals surface area contributed by atoms with E-state index in [-0.39, 0.29) is 46.7 Å². The summed E-state index contributed by atoms with van der Waals surface area (Å²) in [4.78, 5) is 28.6. The molecule has 218 valence electrons. The van der Waals surface area contributed by atoms with Crippen LogP contribution in [0, 0.1) is 40.4 Å². The van der Waals surface area contributed by atoms with Crippen molar-refractivity contribution in [1.29, 1.82) is 0 Å². The van der Waals surface area contributed by atoms with Gasteiger partial charge in [0.05, 0.1) is 11.5 Å². The maximum atomic E-state index is 14.7. The normalized spacial score (nSPS) is 47.3. The van der Waals surface area contributed by atoms with Crippen LogP contribution < -0.4 is 0 Å². The van der Waals surface area contributed by atoms with Gasteiger partial charge in [0.25, 0.3) is 0 Å². The van der Waals surface area contributed by atoms with Gasteiger partial charge in [0.2, 0.25) is 5.78 Å². The number of ketones is 1. The van der Waals surface area contributed by atoms with E-state index in [1.165, 1.54) is 5.57 Å². The van der Waals surface area contributed by atoms with E-state index >= 15 is 0 Å². The van der Waals surface area contributed by atoms with E-state index in [4.69, 9.17) is 4.74 Å². The van der Waals surface area contributed by atoms with Crippen LogP contribution in [0.1, 0.15) is 92.9 Å². The van der Waals surface area contributed by atoms with Gasteiger partial charge in [-0.3, -0.25) is 4.79 Å². The Morgan fingerprint density at radius 3 is 2.45 bits per heavy atom. The van der Waals surface area contributed by atoms with Gasteiger partial charge >= 0.3 is 5.97 Å². The SMILES string of the molecule is CCC1CC23OC(=O)/C(=C(\O)C4(CC)C(C=CC5C(O)C(CC)CCC54)C/C=C/C/C(C)=C/C2(C)C=C1C)C3=O. The molecule has 9 atom stereocenters. The molecule has 5 aliphatic rings. The number of allylic oxidation sites excluding steroid dienone is 6. The zero-order chi connectivity index (χ0) is 29.0. The first kappa shape index (κ1) is 29.1. The number of carbonyl (C=O) groups excluding carboxylic acids is 2. The standard InChI is InChI=1S/C35H48O5/c1-7-23-14-17-27-26(29(23)36)16-15-25-13-11-10-12-21(4)18-33(6)19-22(5)24(8-2)20-35(33)31(38)28(32(39)40-35)30(37)34(25,27)9-3/h10-11,15-16,18-19,23-27,29,36-37H,7-9,12-14,17,20H2,1-6H3/b11-10+,21-18+,30-28-. The summed E-state index contributed by atoms with van der Waals surface area (Å²) in [6.07, 6.45) is 18.2. The second kappa shape index (κ2) is 10.5. The Morgan fingerprint density at radius 1 is 1.02 bits per heavy atom. The summed E-state index contributed by atoms with van der Waals surface area (Å²) < 4.78 is 6.26. The molecule has 0 radical (unpaired) electrons. The molecule has 4 aliphatic carbocycles. The van der Waals surface area contributed by atoms with Gasteiger partial charge < -0.3 is 14.9 Å². The molecule has 0 amide bonds. The molecule has 1 aliphatic heterocycles. The van der Waals surface area contributed by atoms with Crippen molar-refractivity contribution in [1.82, 2.24) is 0 Å². The van der Waals surface area contributed by atoms with Gasteiger partial charge in [-0.15, -0.1) is 0 Å². The lowest BCUT2D eigenvalue weighted by Gasteiger charge is -2.54. The van der Waals surface area contributed by atoms with Crippen LogP contribution in [0.4, 0.5) is 0 Å². The first-order valence-electron chi connectivity index (χ1n) is 15.6. The van der Waals surface area contributed by atoms with Crippen LogP contribution in [0.25, 0.3) is 0 Å². The number of Topliss-reactive ketones (excluding diaryl/α,β-unsaturated/α-hetero) is 1. The van der Waals surface area contributed by atoms with E-state index in [1.807, 2.05) is 6.92 Å². The quantitative estimate of drug-likeness (QED) is 0.219. The van der Waals surface area contributed by atoms with Crippen LogP contribution in [-0.2, 0) is 14.3 Å². The average molecular weight is 549 g/mol. The van der Waals surface area contributed by atoms with E-state index in [1.54, 1.807) is 0 Å². The highest BCUT2D eigenvalue weighted by molar-refractivity contribution is 6.26. The van der Waals surface area contributed by atoms with E-state index in [0.717, 1.165) is 37.7 Å². The van der Waals surface area contributed by atoms with Crippen molar-refractivity contribution in [2.45, 2.75) is 105 Å². The van der Waals surface area contributed by atoms with Gasteiger partial charge in [-0.25, -0.2) is 4.79 Å². The third-order valence-electron chi connectivity index (χ3n) is 11.5. The monoisotopic (exact) mass is 548 g/mol. The predicted octanol–water partition coefficient (Wildman–Crippen LogP) is 7.34. The van der Waals surface area contributed by atoms with Crippen molar-refractivity contribution < 1.29 is 24.5 Å². The second-order valence-corrected chi connectivity index (χ2v) is 13.5. The molecule has 0 aromatic carbocycles.